The molecule has 0 amide bonds. The van der Waals surface area contributed by atoms with E-state index in [0.29, 0.717) is 6.61 Å². The highest BCUT2D eigenvalue weighted by molar-refractivity contribution is 9.10. The van der Waals surface area contributed by atoms with Gasteiger partial charge in [-0.2, -0.15) is 0 Å². The van der Waals surface area contributed by atoms with Gasteiger partial charge in [0.1, 0.15) is 17.9 Å². The summed E-state index contributed by atoms with van der Waals surface area (Å²) < 4.78 is 7.24. The van der Waals surface area contributed by atoms with Gasteiger partial charge in [0, 0.05) is 26.7 Å². The number of hydrogen-bond donors (Lipinski definition) is 0. The third-order valence-electron chi connectivity index (χ3n) is 3.73. The number of aryl methyl sites for hydroxylation is 1. The lowest BCUT2D eigenvalue weighted by Crippen LogP contribution is -2.01. The highest BCUT2D eigenvalue weighted by Gasteiger charge is 2.11. The van der Waals surface area contributed by atoms with Crippen LogP contribution in [0.4, 0.5) is 0 Å². The van der Waals surface area contributed by atoms with Gasteiger partial charge in [-0.15, -0.1) is 6.58 Å². The SMILES string of the molecule is C=CCc1ccc2ccc(C)nc2c1OCc1ccccc1Br. The monoisotopic (exact) mass is 367 g/mol. The minimum atomic E-state index is 0.500. The number of ether oxygens (including phenoxy) is 1. The number of benzene rings is 2. The number of halogens is 1. The summed E-state index contributed by atoms with van der Waals surface area (Å²) in [6.07, 6.45) is 2.65. The molecule has 0 atom stereocenters. The van der Waals surface area contributed by atoms with Gasteiger partial charge in [0.2, 0.25) is 0 Å². The molecular formula is C20H18BrNO. The fraction of sp³-hybridized carbons (Fsp3) is 0.150. The van der Waals surface area contributed by atoms with Crippen molar-refractivity contribution in [2.45, 2.75) is 20.0 Å². The third-order valence-corrected chi connectivity index (χ3v) is 4.50. The highest BCUT2D eigenvalue weighted by atomic mass is 79.9. The summed E-state index contributed by atoms with van der Waals surface area (Å²) in [7, 11) is 0. The van der Waals surface area contributed by atoms with Crippen molar-refractivity contribution in [3.63, 3.8) is 0 Å². The van der Waals surface area contributed by atoms with Gasteiger partial charge in [0.25, 0.3) is 0 Å². The molecule has 116 valence electrons. The van der Waals surface area contributed by atoms with Gasteiger partial charge in [0.15, 0.2) is 0 Å². The average molecular weight is 368 g/mol. The molecule has 23 heavy (non-hydrogen) atoms. The normalized spacial score (nSPS) is 10.7. The number of hydrogen-bond acceptors (Lipinski definition) is 2. The van der Waals surface area contributed by atoms with Crippen molar-refractivity contribution < 1.29 is 4.74 Å². The summed E-state index contributed by atoms with van der Waals surface area (Å²) in [6, 6.07) is 16.4. The van der Waals surface area contributed by atoms with E-state index in [1.165, 1.54) is 0 Å². The standard InChI is InChI=1S/C20H18BrNO/c1-3-6-16-12-11-15-10-9-14(2)22-19(15)20(16)23-13-17-7-4-5-8-18(17)21/h3-5,7-12H,1,6,13H2,2H3. The molecule has 3 rings (SSSR count). The average Bonchev–Trinajstić information content (AvgIpc) is 2.55. The number of nitrogens with zero attached hydrogens (tertiary/aromatic N) is 1. The first-order valence-corrected chi connectivity index (χ1v) is 8.34. The number of allylic oxidation sites excluding steroid dienone is 1. The fourth-order valence-corrected chi connectivity index (χ4v) is 2.94. The van der Waals surface area contributed by atoms with Crippen molar-refractivity contribution in [1.29, 1.82) is 0 Å². The zero-order valence-electron chi connectivity index (χ0n) is 13.1. The molecule has 0 unspecified atom stereocenters. The predicted molar refractivity (Wildman–Crippen MR) is 98.9 cm³/mol. The van der Waals surface area contributed by atoms with Crippen molar-refractivity contribution in [1.82, 2.24) is 4.98 Å². The second kappa shape index (κ2) is 6.97. The van der Waals surface area contributed by atoms with E-state index in [1.54, 1.807) is 0 Å². The van der Waals surface area contributed by atoms with Gasteiger partial charge in [-0.1, -0.05) is 58.4 Å². The second-order valence-corrected chi connectivity index (χ2v) is 6.31. The van der Waals surface area contributed by atoms with Crippen LogP contribution in [-0.4, -0.2) is 4.98 Å². The van der Waals surface area contributed by atoms with Gasteiger partial charge < -0.3 is 4.74 Å². The molecule has 3 heteroatoms. The summed E-state index contributed by atoms with van der Waals surface area (Å²) in [4.78, 5) is 4.68. The number of aromatic nitrogens is 1. The molecule has 0 saturated carbocycles. The summed E-state index contributed by atoms with van der Waals surface area (Å²) >= 11 is 3.57. The second-order valence-electron chi connectivity index (χ2n) is 5.45. The zero-order chi connectivity index (χ0) is 16.2. The van der Waals surface area contributed by atoms with Crippen LogP contribution in [0.2, 0.25) is 0 Å². The van der Waals surface area contributed by atoms with Crippen LogP contribution in [0.1, 0.15) is 16.8 Å². The van der Waals surface area contributed by atoms with Crippen LogP contribution < -0.4 is 4.74 Å². The molecule has 0 bridgehead atoms. The summed E-state index contributed by atoms with van der Waals surface area (Å²) in [5, 5.41) is 1.09. The number of rotatable bonds is 5. The molecule has 1 heterocycles. The van der Waals surface area contributed by atoms with Gasteiger partial charge in [-0.25, -0.2) is 4.98 Å². The third kappa shape index (κ3) is 3.45. The molecule has 3 aromatic rings. The van der Waals surface area contributed by atoms with Crippen molar-refractivity contribution in [3.05, 3.63) is 82.5 Å². The molecule has 0 aliphatic carbocycles. The maximum Gasteiger partial charge on any atom is 0.149 e. The molecule has 2 nitrogen and oxygen atoms in total. The predicted octanol–water partition coefficient (Wildman–Crippen LogP) is 5.61. The van der Waals surface area contributed by atoms with Crippen LogP contribution in [0, 0.1) is 6.92 Å². The lowest BCUT2D eigenvalue weighted by molar-refractivity contribution is 0.306. The Hall–Kier alpha value is -2.13. The van der Waals surface area contributed by atoms with E-state index in [-0.39, 0.29) is 0 Å². The lowest BCUT2D eigenvalue weighted by Gasteiger charge is -2.14. The summed E-state index contributed by atoms with van der Waals surface area (Å²) in [5.74, 6) is 0.849. The van der Waals surface area contributed by atoms with Crippen LogP contribution in [-0.2, 0) is 13.0 Å². The van der Waals surface area contributed by atoms with Crippen LogP contribution >= 0.6 is 15.9 Å². The first-order chi connectivity index (χ1) is 11.2. The summed E-state index contributed by atoms with van der Waals surface area (Å²) in [6.45, 7) is 6.34. The van der Waals surface area contributed by atoms with E-state index in [1.807, 2.05) is 37.3 Å². The van der Waals surface area contributed by atoms with Gasteiger partial charge in [-0.3, -0.25) is 0 Å². The largest absolute Gasteiger partial charge is 0.486 e. The molecule has 0 radical (unpaired) electrons. The van der Waals surface area contributed by atoms with Crippen LogP contribution in [0.3, 0.4) is 0 Å². The van der Waals surface area contributed by atoms with E-state index in [2.05, 4.69) is 51.8 Å². The van der Waals surface area contributed by atoms with Crippen LogP contribution in [0.5, 0.6) is 5.75 Å². The number of pyridine rings is 1. The van der Waals surface area contributed by atoms with Gasteiger partial charge in [0.05, 0.1) is 0 Å². The minimum absolute atomic E-state index is 0.500. The molecule has 0 aliphatic heterocycles. The Balaban J connectivity index is 2.02. The van der Waals surface area contributed by atoms with Crippen molar-refractivity contribution in [3.8, 4) is 5.75 Å². The molecular weight excluding hydrogens is 350 g/mol. The molecule has 0 saturated heterocycles. The van der Waals surface area contributed by atoms with Crippen LogP contribution in [0.15, 0.2) is 65.7 Å². The Morgan fingerprint density at radius 2 is 1.87 bits per heavy atom. The molecule has 0 fully saturated rings. The topological polar surface area (TPSA) is 22.1 Å². The zero-order valence-corrected chi connectivity index (χ0v) is 14.6. The number of fused-ring (bicyclic) bond motifs is 1. The molecule has 1 aromatic heterocycles. The van der Waals surface area contributed by atoms with Crippen molar-refractivity contribution in [2.75, 3.05) is 0 Å². The smallest absolute Gasteiger partial charge is 0.149 e. The molecule has 0 aliphatic rings. The van der Waals surface area contributed by atoms with Gasteiger partial charge >= 0.3 is 0 Å². The summed E-state index contributed by atoms with van der Waals surface area (Å²) in [5.41, 5.74) is 4.12. The van der Waals surface area contributed by atoms with E-state index in [4.69, 9.17) is 4.74 Å². The fourth-order valence-electron chi connectivity index (χ4n) is 2.54. The van der Waals surface area contributed by atoms with E-state index in [0.717, 1.165) is 44.4 Å². The molecule has 2 aromatic carbocycles. The Morgan fingerprint density at radius 1 is 1.09 bits per heavy atom. The maximum atomic E-state index is 6.18. The van der Waals surface area contributed by atoms with Crippen molar-refractivity contribution in [2.24, 2.45) is 0 Å². The lowest BCUT2D eigenvalue weighted by atomic mass is 10.1. The van der Waals surface area contributed by atoms with Crippen molar-refractivity contribution >= 4 is 26.8 Å². The highest BCUT2D eigenvalue weighted by Crippen LogP contribution is 2.31. The maximum absolute atomic E-state index is 6.18. The minimum Gasteiger partial charge on any atom is -0.486 e. The van der Waals surface area contributed by atoms with Crippen LogP contribution in [0.25, 0.3) is 10.9 Å². The Kier molecular flexibility index (Phi) is 4.77. The first-order valence-electron chi connectivity index (χ1n) is 7.55. The Morgan fingerprint density at radius 3 is 2.65 bits per heavy atom. The molecule has 0 spiro atoms. The van der Waals surface area contributed by atoms with E-state index in [9.17, 15) is 0 Å². The Labute approximate surface area is 145 Å². The Bertz CT molecular complexity index is 857. The van der Waals surface area contributed by atoms with Gasteiger partial charge in [-0.05, 0) is 25.5 Å². The van der Waals surface area contributed by atoms with E-state index < -0.39 is 0 Å². The quantitative estimate of drug-likeness (QED) is 0.546. The van der Waals surface area contributed by atoms with E-state index >= 15 is 0 Å². The first kappa shape index (κ1) is 15.8. The molecule has 0 N–H and O–H groups in total.